The third-order valence-corrected chi connectivity index (χ3v) is 2.39. The van der Waals surface area contributed by atoms with Crippen molar-refractivity contribution in [1.82, 2.24) is 0 Å². The molecule has 1 aromatic carbocycles. The van der Waals surface area contributed by atoms with Gasteiger partial charge in [-0.3, -0.25) is 0 Å². The summed E-state index contributed by atoms with van der Waals surface area (Å²) in [5.41, 5.74) is 0.415. The van der Waals surface area contributed by atoms with E-state index < -0.39 is 18.1 Å². The number of phenols is 1. The first-order valence-electron chi connectivity index (χ1n) is 4.85. The van der Waals surface area contributed by atoms with Crippen molar-refractivity contribution in [3.05, 3.63) is 29.8 Å². The zero-order chi connectivity index (χ0) is 11.7. The van der Waals surface area contributed by atoms with Crippen LogP contribution in [0.15, 0.2) is 29.3 Å². The van der Waals surface area contributed by atoms with Gasteiger partial charge in [-0.25, -0.2) is 9.79 Å². The minimum absolute atomic E-state index is 0.0273. The van der Waals surface area contributed by atoms with Crippen LogP contribution in [0.3, 0.4) is 0 Å². The Hall–Kier alpha value is -2.04. The highest BCUT2D eigenvalue weighted by Gasteiger charge is 2.34. The summed E-state index contributed by atoms with van der Waals surface area (Å²) in [4.78, 5) is 14.8. The van der Waals surface area contributed by atoms with E-state index in [4.69, 9.17) is 9.84 Å². The molecular formula is C11H11NO4. The van der Waals surface area contributed by atoms with Gasteiger partial charge in [0.1, 0.15) is 11.9 Å². The number of rotatable bonds is 2. The van der Waals surface area contributed by atoms with Crippen LogP contribution >= 0.6 is 0 Å². The van der Waals surface area contributed by atoms with Crippen LogP contribution in [-0.4, -0.2) is 34.2 Å². The largest absolute Gasteiger partial charge is 0.507 e. The number of carbonyl (C=O) groups is 1. The van der Waals surface area contributed by atoms with Crippen molar-refractivity contribution in [3.63, 3.8) is 0 Å². The second-order valence-electron chi connectivity index (χ2n) is 3.56. The van der Waals surface area contributed by atoms with Crippen LogP contribution in [0, 0.1) is 0 Å². The van der Waals surface area contributed by atoms with Crippen molar-refractivity contribution in [3.8, 4) is 5.75 Å². The number of para-hydroxylation sites is 1. The number of aliphatic imine (C=N–C) groups is 1. The van der Waals surface area contributed by atoms with Gasteiger partial charge in [0.25, 0.3) is 0 Å². The molecule has 0 aromatic heterocycles. The van der Waals surface area contributed by atoms with Gasteiger partial charge in [-0.1, -0.05) is 12.1 Å². The van der Waals surface area contributed by atoms with E-state index >= 15 is 0 Å². The highest BCUT2D eigenvalue weighted by molar-refractivity contribution is 5.99. The van der Waals surface area contributed by atoms with Crippen LogP contribution in [0.4, 0.5) is 0 Å². The molecule has 2 atom stereocenters. The van der Waals surface area contributed by atoms with Crippen molar-refractivity contribution >= 4 is 11.9 Å². The van der Waals surface area contributed by atoms with Gasteiger partial charge < -0.3 is 14.9 Å². The van der Waals surface area contributed by atoms with Gasteiger partial charge >= 0.3 is 5.97 Å². The molecule has 0 saturated heterocycles. The minimum atomic E-state index is -1.03. The number of phenolic OH excluding ortho intramolecular Hbond substituents is 1. The molecule has 0 fully saturated rings. The first-order chi connectivity index (χ1) is 7.59. The highest BCUT2D eigenvalue weighted by Crippen LogP contribution is 2.23. The van der Waals surface area contributed by atoms with E-state index in [9.17, 15) is 9.90 Å². The van der Waals surface area contributed by atoms with E-state index in [1.807, 2.05) is 0 Å². The Morgan fingerprint density at radius 3 is 2.69 bits per heavy atom. The molecule has 0 unspecified atom stereocenters. The average Bonchev–Trinajstić information content (AvgIpc) is 2.61. The Kier molecular flexibility index (Phi) is 2.52. The van der Waals surface area contributed by atoms with Gasteiger partial charge in [0.05, 0.1) is 5.56 Å². The highest BCUT2D eigenvalue weighted by atomic mass is 16.5. The molecule has 0 amide bonds. The molecular weight excluding hydrogens is 210 g/mol. The van der Waals surface area contributed by atoms with Gasteiger partial charge in [0.2, 0.25) is 5.90 Å². The van der Waals surface area contributed by atoms with Gasteiger partial charge in [-0.15, -0.1) is 0 Å². The SMILES string of the molecule is C[C@H]1OC(c2ccccc2O)=N[C@@H]1C(=O)O. The number of aliphatic carboxylic acids is 1. The fraction of sp³-hybridized carbons (Fsp3) is 0.273. The molecule has 16 heavy (non-hydrogen) atoms. The van der Waals surface area contributed by atoms with Crippen LogP contribution in [0.2, 0.25) is 0 Å². The number of benzene rings is 1. The molecule has 0 radical (unpaired) electrons. The van der Waals surface area contributed by atoms with Crippen LogP contribution in [0.25, 0.3) is 0 Å². The van der Waals surface area contributed by atoms with E-state index in [0.717, 1.165) is 0 Å². The summed E-state index contributed by atoms with van der Waals surface area (Å²) in [6.07, 6.45) is -0.521. The predicted molar refractivity (Wildman–Crippen MR) is 56.6 cm³/mol. The summed E-state index contributed by atoms with van der Waals surface area (Å²) in [5, 5.41) is 18.4. The number of carboxylic acids is 1. The van der Waals surface area contributed by atoms with Crippen molar-refractivity contribution in [2.75, 3.05) is 0 Å². The Bertz CT molecular complexity index is 455. The third kappa shape index (κ3) is 1.71. The smallest absolute Gasteiger partial charge is 0.332 e. The molecule has 0 spiro atoms. The lowest BCUT2D eigenvalue weighted by Crippen LogP contribution is -2.27. The van der Waals surface area contributed by atoms with Crippen molar-refractivity contribution in [2.24, 2.45) is 4.99 Å². The minimum Gasteiger partial charge on any atom is -0.507 e. The molecule has 2 rings (SSSR count). The molecule has 1 aliphatic rings. The normalized spacial score (nSPS) is 23.7. The molecule has 1 aromatic rings. The molecule has 5 heteroatoms. The average molecular weight is 221 g/mol. The lowest BCUT2D eigenvalue weighted by atomic mass is 10.2. The van der Waals surface area contributed by atoms with E-state index in [2.05, 4.69) is 4.99 Å². The molecule has 5 nitrogen and oxygen atoms in total. The maximum atomic E-state index is 10.8. The monoisotopic (exact) mass is 221 g/mol. The Morgan fingerprint density at radius 1 is 1.44 bits per heavy atom. The lowest BCUT2D eigenvalue weighted by molar-refractivity contribution is -0.139. The number of aromatic hydroxyl groups is 1. The van der Waals surface area contributed by atoms with E-state index in [-0.39, 0.29) is 11.6 Å². The zero-order valence-electron chi connectivity index (χ0n) is 8.62. The zero-order valence-corrected chi connectivity index (χ0v) is 8.62. The Morgan fingerprint density at radius 2 is 2.12 bits per heavy atom. The van der Waals surface area contributed by atoms with Crippen molar-refractivity contribution < 1.29 is 19.7 Å². The molecule has 1 aliphatic heterocycles. The molecule has 0 saturated carbocycles. The van der Waals surface area contributed by atoms with Crippen molar-refractivity contribution in [1.29, 1.82) is 0 Å². The lowest BCUT2D eigenvalue weighted by Gasteiger charge is -2.08. The third-order valence-electron chi connectivity index (χ3n) is 2.39. The first-order valence-corrected chi connectivity index (χ1v) is 4.85. The summed E-state index contributed by atoms with van der Waals surface area (Å²) < 4.78 is 5.31. The van der Waals surface area contributed by atoms with E-state index in [1.54, 1.807) is 25.1 Å². The summed E-state index contributed by atoms with van der Waals surface area (Å²) in [6, 6.07) is 5.62. The fourth-order valence-electron chi connectivity index (χ4n) is 1.55. The number of hydrogen-bond donors (Lipinski definition) is 2. The molecule has 84 valence electrons. The molecule has 2 N–H and O–H groups in total. The topological polar surface area (TPSA) is 79.1 Å². The van der Waals surface area contributed by atoms with Crippen LogP contribution in [0.1, 0.15) is 12.5 Å². The van der Waals surface area contributed by atoms with Gasteiger partial charge in [0.15, 0.2) is 6.04 Å². The number of hydrogen-bond acceptors (Lipinski definition) is 4. The maximum absolute atomic E-state index is 10.8. The Labute approximate surface area is 92.0 Å². The number of nitrogens with zero attached hydrogens (tertiary/aromatic N) is 1. The van der Waals surface area contributed by atoms with Gasteiger partial charge in [-0.2, -0.15) is 0 Å². The number of ether oxygens (including phenoxy) is 1. The fourth-order valence-corrected chi connectivity index (χ4v) is 1.55. The van der Waals surface area contributed by atoms with Crippen LogP contribution in [-0.2, 0) is 9.53 Å². The van der Waals surface area contributed by atoms with E-state index in [1.165, 1.54) is 6.07 Å². The maximum Gasteiger partial charge on any atom is 0.332 e. The van der Waals surface area contributed by atoms with Crippen LogP contribution in [0.5, 0.6) is 5.75 Å². The molecule has 0 bridgehead atoms. The van der Waals surface area contributed by atoms with Gasteiger partial charge in [-0.05, 0) is 19.1 Å². The summed E-state index contributed by atoms with van der Waals surface area (Å²) in [6.45, 7) is 1.63. The van der Waals surface area contributed by atoms with Crippen molar-refractivity contribution in [2.45, 2.75) is 19.1 Å². The second-order valence-corrected chi connectivity index (χ2v) is 3.56. The predicted octanol–water partition coefficient (Wildman–Crippen LogP) is 1.01. The molecule has 1 heterocycles. The summed E-state index contributed by atoms with van der Waals surface area (Å²) >= 11 is 0. The summed E-state index contributed by atoms with van der Waals surface area (Å²) in [7, 11) is 0. The summed E-state index contributed by atoms with van der Waals surface area (Å²) in [5.74, 6) is -0.824. The van der Waals surface area contributed by atoms with E-state index in [0.29, 0.717) is 5.56 Å². The first kappa shape index (κ1) is 10.5. The quantitative estimate of drug-likeness (QED) is 0.781. The number of carboxylic acid groups (broad SMARTS) is 1. The molecule has 0 aliphatic carbocycles. The second kappa shape index (κ2) is 3.84. The Balaban J connectivity index is 2.34. The van der Waals surface area contributed by atoms with Gasteiger partial charge in [0, 0.05) is 0 Å². The van der Waals surface area contributed by atoms with Crippen LogP contribution < -0.4 is 0 Å². The standard InChI is InChI=1S/C11H11NO4/c1-6-9(11(14)15)12-10(16-6)7-4-2-3-5-8(7)13/h2-6,9,13H,1H3,(H,14,15)/t6-,9+/m1/s1.